The molecule has 0 radical (unpaired) electrons. The smallest absolute Gasteiger partial charge is 0.177 e. The summed E-state index contributed by atoms with van der Waals surface area (Å²) in [6.07, 6.45) is 0. The van der Waals surface area contributed by atoms with Gasteiger partial charge in [0.1, 0.15) is 6.04 Å². The second-order valence-corrected chi connectivity index (χ2v) is 2.72. The Labute approximate surface area is 93.0 Å². The van der Waals surface area contributed by atoms with Crippen LogP contribution in [0.1, 0.15) is 31.3 Å². The third kappa shape index (κ3) is 2.83. The number of nitrogens with zero attached hydrogens (tertiary/aromatic N) is 3. The maximum Gasteiger partial charge on any atom is 0.198 e. The molecule has 0 spiro atoms. The molecule has 16 heavy (non-hydrogen) atoms. The summed E-state index contributed by atoms with van der Waals surface area (Å²) < 4.78 is 12.5. The first-order valence-electron chi connectivity index (χ1n) is 5.06. The Morgan fingerprint density at radius 1 is 1.25 bits per heavy atom. The SMILES string of the molecule is CC.FNC(c1ccccc1)c1nn[nH]n1. The number of aromatic amines is 1. The van der Waals surface area contributed by atoms with Gasteiger partial charge < -0.3 is 0 Å². The average molecular weight is 223 g/mol. The van der Waals surface area contributed by atoms with Crippen LogP contribution in [0.4, 0.5) is 4.48 Å². The lowest BCUT2D eigenvalue weighted by Gasteiger charge is -2.08. The van der Waals surface area contributed by atoms with Crippen LogP contribution in [-0.4, -0.2) is 20.6 Å². The molecule has 1 atom stereocenters. The van der Waals surface area contributed by atoms with Crippen LogP contribution in [0, 0.1) is 0 Å². The highest BCUT2D eigenvalue weighted by Gasteiger charge is 2.17. The number of benzene rings is 1. The standard InChI is InChI=1S/C8H8FN5.C2H6/c9-10-7(8-11-13-14-12-8)6-4-2-1-3-5-6;1-2/h1-5,7,10H,(H,11,12,13,14);1-2H3. The van der Waals surface area contributed by atoms with Crippen molar-refractivity contribution >= 4 is 0 Å². The first-order chi connectivity index (χ1) is 7.92. The molecule has 5 nitrogen and oxygen atoms in total. The molecule has 1 aromatic carbocycles. The molecular formula is C10H14FN5. The summed E-state index contributed by atoms with van der Waals surface area (Å²) in [5, 5.41) is 13.1. The molecule has 0 aliphatic carbocycles. The van der Waals surface area contributed by atoms with E-state index in [2.05, 4.69) is 20.6 Å². The van der Waals surface area contributed by atoms with E-state index >= 15 is 0 Å². The minimum Gasteiger partial charge on any atom is -0.177 e. The van der Waals surface area contributed by atoms with E-state index in [9.17, 15) is 4.48 Å². The number of aromatic nitrogens is 4. The molecule has 6 heteroatoms. The van der Waals surface area contributed by atoms with Gasteiger partial charge in [0.15, 0.2) is 5.82 Å². The molecule has 0 saturated heterocycles. The summed E-state index contributed by atoms with van der Waals surface area (Å²) in [7, 11) is 0. The Balaban J connectivity index is 0.000000606. The third-order valence-electron chi connectivity index (χ3n) is 1.86. The molecule has 2 aromatic rings. The summed E-state index contributed by atoms with van der Waals surface area (Å²) in [6, 6.07) is 8.39. The highest BCUT2D eigenvalue weighted by atomic mass is 19.2. The van der Waals surface area contributed by atoms with Crippen LogP contribution in [0.25, 0.3) is 0 Å². The summed E-state index contributed by atoms with van der Waals surface area (Å²) in [5.74, 6) is 0.277. The van der Waals surface area contributed by atoms with E-state index in [4.69, 9.17) is 0 Å². The first kappa shape index (κ1) is 12.3. The van der Waals surface area contributed by atoms with Crippen LogP contribution in [-0.2, 0) is 0 Å². The second kappa shape index (κ2) is 6.62. The first-order valence-corrected chi connectivity index (χ1v) is 5.06. The second-order valence-electron chi connectivity index (χ2n) is 2.72. The van der Waals surface area contributed by atoms with E-state index in [0.29, 0.717) is 0 Å². The Kier molecular flexibility index (Phi) is 5.07. The van der Waals surface area contributed by atoms with E-state index in [1.807, 2.05) is 32.0 Å². The molecule has 0 aliphatic heterocycles. The summed E-state index contributed by atoms with van der Waals surface area (Å²) in [4.78, 5) is 0. The van der Waals surface area contributed by atoms with Crippen molar-refractivity contribution in [1.29, 1.82) is 0 Å². The monoisotopic (exact) mass is 223 g/mol. The van der Waals surface area contributed by atoms with Crippen molar-refractivity contribution in [3.8, 4) is 0 Å². The van der Waals surface area contributed by atoms with E-state index in [-0.39, 0.29) is 5.82 Å². The normalized spacial score (nSPS) is 11.4. The van der Waals surface area contributed by atoms with Crippen LogP contribution in [0.5, 0.6) is 0 Å². The molecule has 1 aromatic heterocycles. The zero-order chi connectivity index (χ0) is 11.8. The van der Waals surface area contributed by atoms with Crippen molar-refractivity contribution in [3.05, 3.63) is 41.7 Å². The van der Waals surface area contributed by atoms with Gasteiger partial charge in [-0.25, -0.2) is 0 Å². The number of hydrogen-bond acceptors (Lipinski definition) is 4. The van der Waals surface area contributed by atoms with Crippen molar-refractivity contribution in [3.63, 3.8) is 0 Å². The Hall–Kier alpha value is -1.82. The fraction of sp³-hybridized carbons (Fsp3) is 0.300. The van der Waals surface area contributed by atoms with Crippen molar-refractivity contribution < 1.29 is 4.48 Å². The van der Waals surface area contributed by atoms with E-state index < -0.39 is 6.04 Å². The lowest BCUT2D eigenvalue weighted by Crippen LogP contribution is -2.15. The molecule has 0 aliphatic rings. The van der Waals surface area contributed by atoms with Crippen molar-refractivity contribution in [2.24, 2.45) is 0 Å². The maximum absolute atomic E-state index is 12.5. The molecular weight excluding hydrogens is 209 g/mol. The molecule has 0 bridgehead atoms. The van der Waals surface area contributed by atoms with Crippen LogP contribution in [0.15, 0.2) is 30.3 Å². The molecule has 2 rings (SSSR count). The molecule has 0 saturated carbocycles. The van der Waals surface area contributed by atoms with Gasteiger partial charge in [0.25, 0.3) is 0 Å². The minimum atomic E-state index is -0.671. The highest BCUT2D eigenvalue weighted by Crippen LogP contribution is 2.17. The number of rotatable bonds is 3. The fourth-order valence-electron chi connectivity index (χ4n) is 1.20. The van der Waals surface area contributed by atoms with Gasteiger partial charge in [0, 0.05) is 0 Å². The van der Waals surface area contributed by atoms with Gasteiger partial charge in [-0.15, -0.1) is 20.2 Å². The number of nitrogens with one attached hydrogen (secondary N) is 2. The predicted octanol–water partition coefficient (Wildman–Crippen LogP) is 1.79. The van der Waals surface area contributed by atoms with Gasteiger partial charge in [0.2, 0.25) is 0 Å². The van der Waals surface area contributed by atoms with Gasteiger partial charge in [-0.1, -0.05) is 49.4 Å². The van der Waals surface area contributed by atoms with Crippen molar-refractivity contribution in [2.75, 3.05) is 0 Å². The third-order valence-corrected chi connectivity index (χ3v) is 1.86. The number of H-pyrrole nitrogens is 1. The fourth-order valence-corrected chi connectivity index (χ4v) is 1.20. The number of tetrazole rings is 1. The number of hydrogen-bond donors (Lipinski definition) is 2. The zero-order valence-corrected chi connectivity index (χ0v) is 9.18. The summed E-state index contributed by atoms with van der Waals surface area (Å²) in [6.45, 7) is 4.00. The van der Waals surface area contributed by atoms with Crippen LogP contribution in [0.3, 0.4) is 0 Å². The van der Waals surface area contributed by atoms with Crippen LogP contribution in [0.2, 0.25) is 0 Å². The number of halogens is 1. The minimum absolute atomic E-state index is 0.277. The quantitative estimate of drug-likeness (QED) is 0.778. The summed E-state index contributed by atoms with van der Waals surface area (Å²) >= 11 is 0. The van der Waals surface area contributed by atoms with Gasteiger partial charge in [0.05, 0.1) is 0 Å². The Morgan fingerprint density at radius 2 is 1.94 bits per heavy atom. The molecule has 1 heterocycles. The molecule has 2 N–H and O–H groups in total. The van der Waals surface area contributed by atoms with E-state index in [0.717, 1.165) is 5.56 Å². The zero-order valence-electron chi connectivity index (χ0n) is 9.18. The lowest BCUT2D eigenvalue weighted by atomic mass is 10.1. The highest BCUT2D eigenvalue weighted by molar-refractivity contribution is 5.23. The van der Waals surface area contributed by atoms with E-state index in [1.54, 1.807) is 17.7 Å². The lowest BCUT2D eigenvalue weighted by molar-refractivity contribution is 0.291. The van der Waals surface area contributed by atoms with Gasteiger partial charge in [-0.05, 0) is 5.56 Å². The van der Waals surface area contributed by atoms with Crippen LogP contribution < -0.4 is 5.54 Å². The van der Waals surface area contributed by atoms with Crippen molar-refractivity contribution in [1.82, 2.24) is 26.2 Å². The predicted molar refractivity (Wildman–Crippen MR) is 58.1 cm³/mol. The maximum atomic E-state index is 12.5. The van der Waals surface area contributed by atoms with Gasteiger partial charge in [-0.2, -0.15) is 5.21 Å². The van der Waals surface area contributed by atoms with Crippen molar-refractivity contribution in [2.45, 2.75) is 19.9 Å². The molecule has 86 valence electrons. The summed E-state index contributed by atoms with van der Waals surface area (Å²) in [5.41, 5.74) is 2.38. The van der Waals surface area contributed by atoms with Gasteiger partial charge >= 0.3 is 0 Å². The Morgan fingerprint density at radius 3 is 2.44 bits per heavy atom. The largest absolute Gasteiger partial charge is 0.198 e. The topological polar surface area (TPSA) is 66.5 Å². The van der Waals surface area contributed by atoms with Crippen LogP contribution >= 0.6 is 0 Å². The molecule has 0 fully saturated rings. The van der Waals surface area contributed by atoms with E-state index in [1.165, 1.54) is 0 Å². The average Bonchev–Trinajstić information content (AvgIpc) is 2.88. The molecule has 1 unspecified atom stereocenters. The molecule has 0 amide bonds. The Bertz CT molecular complexity index is 375. The van der Waals surface area contributed by atoms with Gasteiger partial charge in [-0.3, -0.25) is 0 Å².